The van der Waals surface area contributed by atoms with Crippen molar-refractivity contribution in [1.82, 2.24) is 20.0 Å². The molecule has 166 valence electrons. The van der Waals surface area contributed by atoms with Gasteiger partial charge in [0.1, 0.15) is 11.9 Å². The van der Waals surface area contributed by atoms with E-state index in [4.69, 9.17) is 20.8 Å². The van der Waals surface area contributed by atoms with Crippen LogP contribution in [0.5, 0.6) is 5.75 Å². The zero-order chi connectivity index (χ0) is 22.1. The molecule has 3 aromatic rings. The second kappa shape index (κ2) is 8.92. The number of carbonyl (C=O) groups is 1. The smallest absolute Gasteiger partial charge is 0.311 e. The maximum absolute atomic E-state index is 12.6. The van der Waals surface area contributed by atoms with Crippen molar-refractivity contribution in [2.45, 2.75) is 32.4 Å². The van der Waals surface area contributed by atoms with Gasteiger partial charge in [0.05, 0.1) is 13.1 Å². The number of benzene rings is 2. The van der Waals surface area contributed by atoms with Gasteiger partial charge in [0.15, 0.2) is 0 Å². The first-order valence-electron chi connectivity index (χ1n) is 10.9. The van der Waals surface area contributed by atoms with Gasteiger partial charge in [-0.1, -0.05) is 23.7 Å². The van der Waals surface area contributed by atoms with Crippen LogP contribution in [0.25, 0.3) is 11.5 Å². The Hall–Kier alpha value is -2.90. The molecule has 2 saturated heterocycles. The third-order valence-corrected chi connectivity index (χ3v) is 6.22. The summed E-state index contributed by atoms with van der Waals surface area (Å²) in [5.41, 5.74) is 3.15. The predicted molar refractivity (Wildman–Crippen MR) is 121 cm³/mol. The van der Waals surface area contributed by atoms with Gasteiger partial charge in [0.25, 0.3) is 0 Å². The summed E-state index contributed by atoms with van der Waals surface area (Å²) in [5.74, 6) is 0.865. The predicted octanol–water partition coefficient (Wildman–Crippen LogP) is 4.20. The van der Waals surface area contributed by atoms with Crippen LogP contribution in [0.1, 0.15) is 34.7 Å². The van der Waals surface area contributed by atoms with Crippen LogP contribution >= 0.6 is 11.6 Å². The SMILES string of the molecule is Cc1cc(CN2CCCC2)ccc1OC1CN(C(=O)c2nnc(-c3ccc(Cl)cc3)o2)C1. The molecule has 0 N–H and O–H groups in total. The van der Waals surface area contributed by atoms with Crippen LogP contribution in [-0.2, 0) is 6.54 Å². The molecule has 7 nitrogen and oxygen atoms in total. The number of rotatable bonds is 6. The molecule has 1 aromatic heterocycles. The summed E-state index contributed by atoms with van der Waals surface area (Å²) in [6, 6.07) is 13.4. The highest BCUT2D eigenvalue weighted by molar-refractivity contribution is 6.30. The van der Waals surface area contributed by atoms with Crippen molar-refractivity contribution in [2.24, 2.45) is 0 Å². The van der Waals surface area contributed by atoms with Crippen LogP contribution in [0.3, 0.4) is 0 Å². The minimum absolute atomic E-state index is 0.0177. The number of carbonyl (C=O) groups excluding carboxylic acids is 1. The summed E-state index contributed by atoms with van der Waals surface area (Å²) in [4.78, 5) is 16.8. The van der Waals surface area contributed by atoms with Crippen molar-refractivity contribution in [3.8, 4) is 17.2 Å². The molecule has 2 fully saturated rings. The molecule has 0 bridgehead atoms. The minimum atomic E-state index is -0.282. The van der Waals surface area contributed by atoms with E-state index in [1.807, 2.05) is 6.07 Å². The van der Waals surface area contributed by atoms with Gasteiger partial charge >= 0.3 is 11.8 Å². The van der Waals surface area contributed by atoms with E-state index >= 15 is 0 Å². The topological polar surface area (TPSA) is 71.7 Å². The Balaban J connectivity index is 1.15. The van der Waals surface area contributed by atoms with Gasteiger partial charge in [0, 0.05) is 17.1 Å². The molecule has 0 aliphatic carbocycles. The fourth-order valence-corrected chi connectivity index (χ4v) is 4.28. The van der Waals surface area contributed by atoms with E-state index in [1.165, 1.54) is 31.5 Å². The minimum Gasteiger partial charge on any atom is -0.486 e. The standard InChI is InChI=1S/C24H25ClN4O3/c1-16-12-17(13-28-10-2-3-11-28)4-9-21(16)31-20-14-29(15-20)24(30)23-27-26-22(32-23)18-5-7-19(25)8-6-18/h4-9,12,20H,2-3,10-11,13-15H2,1H3. The van der Waals surface area contributed by atoms with Gasteiger partial charge in [-0.15, -0.1) is 10.2 Å². The Morgan fingerprint density at radius 3 is 2.59 bits per heavy atom. The van der Waals surface area contributed by atoms with Crippen molar-refractivity contribution < 1.29 is 13.9 Å². The highest BCUT2D eigenvalue weighted by Gasteiger charge is 2.35. The normalized spacial score (nSPS) is 16.9. The largest absolute Gasteiger partial charge is 0.486 e. The zero-order valence-corrected chi connectivity index (χ0v) is 18.7. The Morgan fingerprint density at radius 1 is 1.12 bits per heavy atom. The van der Waals surface area contributed by atoms with Gasteiger partial charge in [-0.25, -0.2) is 0 Å². The lowest BCUT2D eigenvalue weighted by Crippen LogP contribution is -2.56. The summed E-state index contributed by atoms with van der Waals surface area (Å²) in [6.07, 6.45) is 2.55. The third-order valence-electron chi connectivity index (χ3n) is 5.97. The molecule has 3 heterocycles. The van der Waals surface area contributed by atoms with Crippen molar-refractivity contribution in [3.63, 3.8) is 0 Å². The molecule has 0 atom stereocenters. The number of aromatic nitrogens is 2. The van der Waals surface area contributed by atoms with Crippen LogP contribution in [0, 0.1) is 6.92 Å². The Morgan fingerprint density at radius 2 is 1.88 bits per heavy atom. The lowest BCUT2D eigenvalue weighted by molar-refractivity contribution is 0.0147. The first-order valence-corrected chi connectivity index (χ1v) is 11.3. The van der Waals surface area contributed by atoms with Gasteiger partial charge in [-0.3, -0.25) is 9.69 Å². The van der Waals surface area contributed by atoms with E-state index in [0.717, 1.165) is 23.4 Å². The lowest BCUT2D eigenvalue weighted by atomic mass is 10.1. The van der Waals surface area contributed by atoms with Gasteiger partial charge in [0.2, 0.25) is 5.89 Å². The summed E-state index contributed by atoms with van der Waals surface area (Å²) >= 11 is 5.90. The second-order valence-electron chi connectivity index (χ2n) is 8.45. The molecule has 2 aromatic carbocycles. The first-order chi connectivity index (χ1) is 15.5. The molecule has 0 unspecified atom stereocenters. The Labute approximate surface area is 191 Å². The summed E-state index contributed by atoms with van der Waals surface area (Å²) < 4.78 is 11.7. The number of ether oxygens (including phenoxy) is 1. The highest BCUT2D eigenvalue weighted by atomic mass is 35.5. The van der Waals surface area contributed by atoms with E-state index in [-0.39, 0.29) is 17.9 Å². The van der Waals surface area contributed by atoms with E-state index in [0.29, 0.717) is 24.0 Å². The number of nitrogens with zero attached hydrogens (tertiary/aromatic N) is 4. The van der Waals surface area contributed by atoms with Crippen molar-refractivity contribution in [3.05, 3.63) is 64.5 Å². The molecule has 0 radical (unpaired) electrons. The summed E-state index contributed by atoms with van der Waals surface area (Å²) in [7, 11) is 0. The molecule has 1 amide bonds. The molecule has 2 aliphatic rings. The third kappa shape index (κ3) is 4.49. The summed E-state index contributed by atoms with van der Waals surface area (Å²) in [6.45, 7) is 6.42. The van der Waals surface area contributed by atoms with Crippen LogP contribution in [0.15, 0.2) is 46.9 Å². The van der Waals surface area contributed by atoms with E-state index < -0.39 is 0 Å². The number of hydrogen-bond acceptors (Lipinski definition) is 6. The average molecular weight is 453 g/mol. The number of halogens is 1. The van der Waals surface area contributed by atoms with Crippen molar-refractivity contribution in [1.29, 1.82) is 0 Å². The van der Waals surface area contributed by atoms with Crippen molar-refractivity contribution >= 4 is 17.5 Å². The van der Waals surface area contributed by atoms with Gasteiger partial charge in [-0.2, -0.15) is 0 Å². The van der Waals surface area contributed by atoms with Crippen molar-refractivity contribution in [2.75, 3.05) is 26.2 Å². The molecule has 2 aliphatic heterocycles. The zero-order valence-electron chi connectivity index (χ0n) is 18.0. The first kappa shape index (κ1) is 21.0. The van der Waals surface area contributed by atoms with Crippen LogP contribution in [0.2, 0.25) is 5.02 Å². The lowest BCUT2D eigenvalue weighted by Gasteiger charge is -2.38. The van der Waals surface area contributed by atoms with E-state index in [1.54, 1.807) is 29.2 Å². The molecule has 32 heavy (non-hydrogen) atoms. The van der Waals surface area contributed by atoms with Crippen LogP contribution < -0.4 is 4.74 Å². The van der Waals surface area contributed by atoms with E-state index in [9.17, 15) is 4.79 Å². The second-order valence-corrected chi connectivity index (χ2v) is 8.89. The number of hydrogen-bond donors (Lipinski definition) is 0. The Kier molecular flexibility index (Phi) is 5.85. The Bertz CT molecular complexity index is 1100. The average Bonchev–Trinajstić information content (AvgIpc) is 3.44. The summed E-state index contributed by atoms with van der Waals surface area (Å²) in [5, 5.41) is 8.50. The van der Waals surface area contributed by atoms with Crippen LogP contribution in [-0.4, -0.2) is 58.2 Å². The monoisotopic (exact) mass is 452 g/mol. The number of amides is 1. The molecule has 5 rings (SSSR count). The maximum atomic E-state index is 12.6. The highest BCUT2D eigenvalue weighted by Crippen LogP contribution is 2.26. The molecular formula is C24H25ClN4O3. The fourth-order valence-electron chi connectivity index (χ4n) is 4.15. The molecule has 0 saturated carbocycles. The quantitative estimate of drug-likeness (QED) is 0.558. The molecular weight excluding hydrogens is 428 g/mol. The number of aryl methyl sites for hydroxylation is 1. The van der Waals surface area contributed by atoms with E-state index in [2.05, 4.69) is 34.2 Å². The fraction of sp³-hybridized carbons (Fsp3) is 0.375. The van der Waals surface area contributed by atoms with Gasteiger partial charge in [-0.05, 0) is 74.3 Å². The van der Waals surface area contributed by atoms with Crippen LogP contribution in [0.4, 0.5) is 0 Å². The maximum Gasteiger partial charge on any atom is 0.311 e. The number of likely N-dealkylation sites (tertiary alicyclic amines) is 2. The van der Waals surface area contributed by atoms with Gasteiger partial charge < -0.3 is 14.1 Å². The molecule has 0 spiro atoms. The molecule has 8 heteroatoms.